The summed E-state index contributed by atoms with van der Waals surface area (Å²) in [5.41, 5.74) is 7.23. The van der Waals surface area contributed by atoms with Crippen molar-refractivity contribution in [2.45, 2.75) is 19.4 Å². The summed E-state index contributed by atoms with van der Waals surface area (Å²) in [6.07, 6.45) is 0. The maximum absolute atomic E-state index is 13.0. The molecule has 5 heteroatoms. The van der Waals surface area contributed by atoms with Crippen molar-refractivity contribution in [3.8, 4) is 11.3 Å². The van der Waals surface area contributed by atoms with E-state index in [2.05, 4.69) is 20.9 Å². The maximum atomic E-state index is 13.0. The van der Waals surface area contributed by atoms with Crippen molar-refractivity contribution < 1.29 is 4.39 Å². The smallest absolute Gasteiger partial charge is 0.124 e. The monoisotopic (exact) mass is 314 g/mol. The Morgan fingerprint density at radius 1 is 1.41 bits per heavy atom. The van der Waals surface area contributed by atoms with E-state index < -0.39 is 5.54 Å². The van der Waals surface area contributed by atoms with E-state index in [1.165, 1.54) is 23.5 Å². The van der Waals surface area contributed by atoms with Crippen molar-refractivity contribution in [1.29, 1.82) is 0 Å². The topological polar surface area (TPSA) is 38.9 Å². The van der Waals surface area contributed by atoms with E-state index >= 15 is 0 Å². The number of thiazole rings is 1. The van der Waals surface area contributed by atoms with Gasteiger partial charge in [0, 0.05) is 15.4 Å². The van der Waals surface area contributed by atoms with Gasteiger partial charge in [0.15, 0.2) is 0 Å². The molecule has 0 atom stereocenters. The van der Waals surface area contributed by atoms with Crippen LogP contribution in [0.15, 0.2) is 28.1 Å². The van der Waals surface area contributed by atoms with Crippen molar-refractivity contribution in [1.82, 2.24) is 4.98 Å². The number of nitrogens with zero attached hydrogens (tertiary/aromatic N) is 1. The second-order valence-electron chi connectivity index (χ2n) is 4.38. The van der Waals surface area contributed by atoms with E-state index in [0.717, 1.165) is 16.3 Å². The largest absolute Gasteiger partial charge is 0.320 e. The zero-order chi connectivity index (χ0) is 12.6. The predicted molar refractivity (Wildman–Crippen MR) is 72.4 cm³/mol. The summed E-state index contributed by atoms with van der Waals surface area (Å²) >= 11 is 4.85. The molecular formula is C12H12BrFN2S. The third-order valence-corrected chi connectivity index (χ3v) is 4.10. The molecule has 2 rings (SSSR count). The molecule has 1 aromatic carbocycles. The van der Waals surface area contributed by atoms with Gasteiger partial charge in [-0.2, -0.15) is 0 Å². The summed E-state index contributed by atoms with van der Waals surface area (Å²) in [5, 5.41) is 2.80. The lowest BCUT2D eigenvalue weighted by atomic mass is 10.1. The van der Waals surface area contributed by atoms with Crippen LogP contribution in [0.1, 0.15) is 18.9 Å². The Kier molecular flexibility index (Phi) is 3.34. The molecule has 0 aliphatic carbocycles. The van der Waals surface area contributed by atoms with Crippen molar-refractivity contribution in [2.75, 3.05) is 0 Å². The predicted octanol–water partition coefficient (Wildman–Crippen LogP) is 3.91. The van der Waals surface area contributed by atoms with E-state index in [9.17, 15) is 4.39 Å². The molecule has 0 amide bonds. The minimum absolute atomic E-state index is 0.268. The van der Waals surface area contributed by atoms with Crippen LogP contribution in [0.4, 0.5) is 4.39 Å². The second-order valence-corrected chi connectivity index (χ2v) is 6.10. The van der Waals surface area contributed by atoms with E-state index in [1.54, 1.807) is 6.07 Å². The van der Waals surface area contributed by atoms with Gasteiger partial charge < -0.3 is 5.73 Å². The summed E-state index contributed by atoms with van der Waals surface area (Å²) in [6, 6.07) is 4.57. The number of aromatic nitrogens is 1. The molecule has 0 saturated carbocycles. The molecule has 0 spiro atoms. The van der Waals surface area contributed by atoms with Gasteiger partial charge in [-0.1, -0.05) is 0 Å². The quantitative estimate of drug-likeness (QED) is 0.913. The summed E-state index contributed by atoms with van der Waals surface area (Å²) in [6.45, 7) is 3.82. The van der Waals surface area contributed by atoms with Crippen LogP contribution in [0.2, 0.25) is 0 Å². The molecule has 90 valence electrons. The van der Waals surface area contributed by atoms with Crippen LogP contribution in [0, 0.1) is 5.82 Å². The average Bonchev–Trinajstić information content (AvgIpc) is 2.65. The average molecular weight is 315 g/mol. The molecular weight excluding hydrogens is 303 g/mol. The first-order valence-corrected chi connectivity index (χ1v) is 6.75. The van der Waals surface area contributed by atoms with Crippen molar-refractivity contribution in [3.05, 3.63) is 38.9 Å². The maximum Gasteiger partial charge on any atom is 0.124 e. The highest BCUT2D eigenvalue weighted by Gasteiger charge is 2.19. The van der Waals surface area contributed by atoms with Crippen LogP contribution >= 0.6 is 27.3 Å². The van der Waals surface area contributed by atoms with Crippen molar-refractivity contribution >= 4 is 27.3 Å². The normalized spacial score (nSPS) is 11.8. The van der Waals surface area contributed by atoms with Crippen LogP contribution in [-0.4, -0.2) is 4.98 Å². The number of hydrogen-bond acceptors (Lipinski definition) is 3. The molecule has 0 bridgehead atoms. The molecule has 0 unspecified atom stereocenters. The summed E-state index contributed by atoms with van der Waals surface area (Å²) < 4.78 is 13.7. The zero-order valence-electron chi connectivity index (χ0n) is 9.50. The minimum Gasteiger partial charge on any atom is -0.320 e. The number of halogens is 2. The Morgan fingerprint density at radius 3 is 2.65 bits per heavy atom. The molecule has 17 heavy (non-hydrogen) atoms. The molecule has 2 nitrogen and oxygen atoms in total. The first-order chi connectivity index (χ1) is 7.88. The standard InChI is InChI=1S/C12H12BrFN2S/c1-12(2,15)11-16-10(6-17-11)8-4-3-7(14)5-9(8)13/h3-6H,15H2,1-2H3. The minimum atomic E-state index is -0.449. The van der Waals surface area contributed by atoms with Crippen LogP contribution in [-0.2, 0) is 5.54 Å². The van der Waals surface area contributed by atoms with Gasteiger partial charge in [0.2, 0.25) is 0 Å². The van der Waals surface area contributed by atoms with Gasteiger partial charge in [-0.15, -0.1) is 11.3 Å². The first-order valence-electron chi connectivity index (χ1n) is 5.08. The van der Waals surface area contributed by atoms with Crippen LogP contribution in [0.3, 0.4) is 0 Å². The second kappa shape index (κ2) is 4.48. The van der Waals surface area contributed by atoms with Gasteiger partial charge in [-0.25, -0.2) is 9.37 Å². The van der Waals surface area contributed by atoms with Gasteiger partial charge in [-0.3, -0.25) is 0 Å². The van der Waals surface area contributed by atoms with E-state index in [-0.39, 0.29) is 5.82 Å². The number of rotatable bonds is 2. The SMILES string of the molecule is CC(C)(N)c1nc(-c2ccc(F)cc2Br)cs1. The molecule has 0 aliphatic heterocycles. The lowest BCUT2D eigenvalue weighted by molar-refractivity contribution is 0.551. The van der Waals surface area contributed by atoms with Gasteiger partial charge in [0.05, 0.1) is 11.2 Å². The fourth-order valence-electron chi connectivity index (χ4n) is 1.39. The lowest BCUT2D eigenvalue weighted by Crippen LogP contribution is -2.28. The van der Waals surface area contributed by atoms with Gasteiger partial charge in [-0.05, 0) is 48.0 Å². The fraction of sp³-hybridized carbons (Fsp3) is 0.250. The third kappa shape index (κ3) is 2.73. The number of benzene rings is 1. The Balaban J connectivity index is 2.44. The Morgan fingerprint density at radius 2 is 2.12 bits per heavy atom. The van der Waals surface area contributed by atoms with Crippen LogP contribution in [0.5, 0.6) is 0 Å². The summed E-state index contributed by atoms with van der Waals surface area (Å²) in [7, 11) is 0. The zero-order valence-corrected chi connectivity index (χ0v) is 11.9. The molecule has 2 aromatic rings. The molecule has 0 radical (unpaired) electrons. The molecule has 0 aliphatic rings. The Labute approximate surface area is 112 Å². The highest BCUT2D eigenvalue weighted by atomic mass is 79.9. The number of hydrogen-bond donors (Lipinski definition) is 1. The first kappa shape index (κ1) is 12.7. The molecule has 0 fully saturated rings. The highest BCUT2D eigenvalue weighted by Crippen LogP contribution is 2.32. The van der Waals surface area contributed by atoms with Crippen LogP contribution in [0.25, 0.3) is 11.3 Å². The Hall–Kier alpha value is -0.780. The molecule has 1 heterocycles. The fourth-order valence-corrected chi connectivity index (χ4v) is 2.80. The molecule has 0 saturated heterocycles. The number of nitrogens with two attached hydrogens (primary N) is 1. The third-order valence-electron chi connectivity index (χ3n) is 2.26. The van der Waals surface area contributed by atoms with Gasteiger partial charge in [0.1, 0.15) is 10.8 Å². The molecule has 1 aromatic heterocycles. The summed E-state index contributed by atoms with van der Waals surface area (Å²) in [5.74, 6) is -0.268. The van der Waals surface area contributed by atoms with Gasteiger partial charge in [0.25, 0.3) is 0 Å². The van der Waals surface area contributed by atoms with Crippen molar-refractivity contribution in [3.63, 3.8) is 0 Å². The van der Waals surface area contributed by atoms with Crippen LogP contribution < -0.4 is 5.73 Å². The van der Waals surface area contributed by atoms with Gasteiger partial charge >= 0.3 is 0 Å². The van der Waals surface area contributed by atoms with E-state index in [4.69, 9.17) is 5.73 Å². The lowest BCUT2D eigenvalue weighted by Gasteiger charge is -2.13. The van der Waals surface area contributed by atoms with Crippen molar-refractivity contribution in [2.24, 2.45) is 5.73 Å². The van der Waals surface area contributed by atoms with E-state index in [1.807, 2.05) is 19.2 Å². The highest BCUT2D eigenvalue weighted by molar-refractivity contribution is 9.10. The molecule has 2 N–H and O–H groups in total. The summed E-state index contributed by atoms with van der Waals surface area (Å²) in [4.78, 5) is 4.48. The van der Waals surface area contributed by atoms with E-state index in [0.29, 0.717) is 4.47 Å². The Bertz CT molecular complexity index is 546.